The maximum Gasteiger partial charge on any atom is 0.191 e. The normalized spacial score (nSPS) is 18.8. The highest BCUT2D eigenvalue weighted by Crippen LogP contribution is 2.35. The van der Waals surface area contributed by atoms with E-state index in [2.05, 4.69) is 6.92 Å². The Morgan fingerprint density at radius 3 is 2.60 bits per heavy atom. The van der Waals surface area contributed by atoms with Gasteiger partial charge in [0, 0.05) is 25.2 Å². The van der Waals surface area contributed by atoms with Gasteiger partial charge >= 0.3 is 0 Å². The lowest BCUT2D eigenvalue weighted by molar-refractivity contribution is 0.304. The smallest absolute Gasteiger partial charge is 0.191 e. The highest BCUT2D eigenvalue weighted by atomic mass is 19.1. The van der Waals surface area contributed by atoms with Gasteiger partial charge in [0.25, 0.3) is 0 Å². The zero-order valence-electron chi connectivity index (χ0n) is 17.3. The molecule has 30 heavy (non-hydrogen) atoms. The van der Waals surface area contributed by atoms with Crippen molar-refractivity contribution in [1.29, 1.82) is 0 Å². The molecular weight excluding hydrogens is 377 g/mol. The molecule has 1 heterocycles. The van der Waals surface area contributed by atoms with Crippen LogP contribution in [0.1, 0.15) is 24.5 Å². The van der Waals surface area contributed by atoms with Crippen molar-refractivity contribution in [2.75, 3.05) is 13.6 Å². The average Bonchev–Trinajstić information content (AvgIpc) is 2.76. The van der Waals surface area contributed by atoms with Gasteiger partial charge in [-0.3, -0.25) is 0 Å². The van der Waals surface area contributed by atoms with E-state index in [0.29, 0.717) is 23.9 Å². The Morgan fingerprint density at radius 2 is 1.87 bits per heavy atom. The van der Waals surface area contributed by atoms with Crippen molar-refractivity contribution in [1.82, 2.24) is 4.90 Å². The lowest BCUT2D eigenvalue weighted by Crippen LogP contribution is -2.43. The fraction of sp³-hybridized carbons (Fsp3) is 0.240. The minimum Gasteiger partial charge on any atom is -0.489 e. The van der Waals surface area contributed by atoms with E-state index in [1.54, 1.807) is 12.1 Å². The van der Waals surface area contributed by atoms with Gasteiger partial charge in [0.2, 0.25) is 0 Å². The maximum absolute atomic E-state index is 14.9. The minimum atomic E-state index is -0.415. The van der Waals surface area contributed by atoms with E-state index in [1.165, 1.54) is 6.07 Å². The second-order valence-electron chi connectivity index (χ2n) is 7.91. The zero-order chi connectivity index (χ0) is 21.1. The summed E-state index contributed by atoms with van der Waals surface area (Å²) in [7, 11) is 1.94. The SMILES string of the molecule is CN1CCC(C)(c2cccc(-c3ccc(OCc4ccccc4)cc3F)c2)N=C1N. The number of guanidine groups is 1. The van der Waals surface area contributed by atoms with E-state index in [4.69, 9.17) is 15.5 Å². The van der Waals surface area contributed by atoms with Crippen LogP contribution in [-0.2, 0) is 12.1 Å². The molecule has 0 aliphatic carbocycles. The second kappa shape index (κ2) is 8.19. The van der Waals surface area contributed by atoms with Gasteiger partial charge in [-0.1, -0.05) is 48.5 Å². The van der Waals surface area contributed by atoms with Crippen LogP contribution in [0, 0.1) is 5.82 Å². The Kier molecular flexibility index (Phi) is 5.44. The van der Waals surface area contributed by atoms with Crippen LogP contribution in [0.5, 0.6) is 5.75 Å². The summed E-state index contributed by atoms with van der Waals surface area (Å²) in [6.07, 6.45) is 0.850. The van der Waals surface area contributed by atoms with E-state index in [9.17, 15) is 4.39 Å². The molecule has 2 N–H and O–H groups in total. The zero-order valence-corrected chi connectivity index (χ0v) is 17.3. The van der Waals surface area contributed by atoms with Gasteiger partial charge in [0.15, 0.2) is 5.96 Å². The first kappa shape index (κ1) is 20.0. The first-order valence-electron chi connectivity index (χ1n) is 10.1. The number of ether oxygens (including phenoxy) is 1. The number of hydrogen-bond donors (Lipinski definition) is 1. The standard InChI is InChI=1S/C25H26FN3O/c1-25(13-14-29(2)24(27)28-25)20-10-6-9-19(15-20)22-12-11-21(16-23(22)26)30-17-18-7-4-3-5-8-18/h3-12,15-16H,13-14,17H2,1-2H3,(H2,27,28). The summed E-state index contributed by atoms with van der Waals surface area (Å²) in [5.74, 6) is 0.727. The molecule has 0 aromatic heterocycles. The van der Waals surface area contributed by atoms with Crippen LogP contribution in [0.15, 0.2) is 77.8 Å². The largest absolute Gasteiger partial charge is 0.489 e. The quantitative estimate of drug-likeness (QED) is 0.657. The van der Waals surface area contributed by atoms with Crippen LogP contribution in [0.4, 0.5) is 4.39 Å². The lowest BCUT2D eigenvalue weighted by atomic mass is 9.86. The summed E-state index contributed by atoms with van der Waals surface area (Å²) in [4.78, 5) is 6.64. The van der Waals surface area contributed by atoms with Crippen molar-refractivity contribution >= 4 is 5.96 Å². The monoisotopic (exact) mass is 403 g/mol. The van der Waals surface area contributed by atoms with E-state index in [-0.39, 0.29) is 5.82 Å². The third kappa shape index (κ3) is 4.15. The predicted octanol–water partition coefficient (Wildman–Crippen LogP) is 4.94. The third-order valence-corrected chi connectivity index (χ3v) is 5.67. The van der Waals surface area contributed by atoms with Crippen LogP contribution in [0.2, 0.25) is 0 Å². The van der Waals surface area contributed by atoms with E-state index >= 15 is 0 Å². The molecule has 0 bridgehead atoms. The van der Waals surface area contributed by atoms with Crippen molar-refractivity contribution in [3.63, 3.8) is 0 Å². The van der Waals surface area contributed by atoms with E-state index in [1.807, 2.05) is 66.5 Å². The Bertz CT molecular complexity index is 1070. The molecule has 1 aliphatic rings. The summed E-state index contributed by atoms with van der Waals surface area (Å²) < 4.78 is 20.7. The molecule has 0 saturated carbocycles. The topological polar surface area (TPSA) is 50.8 Å². The Hall–Kier alpha value is -3.34. The van der Waals surface area contributed by atoms with Gasteiger partial charge in [0.1, 0.15) is 18.2 Å². The molecule has 4 nitrogen and oxygen atoms in total. The summed E-state index contributed by atoms with van der Waals surface area (Å²) in [6, 6.07) is 22.7. The van der Waals surface area contributed by atoms with Crippen LogP contribution in [0.25, 0.3) is 11.1 Å². The first-order chi connectivity index (χ1) is 14.4. The summed E-state index contributed by atoms with van der Waals surface area (Å²) >= 11 is 0. The molecule has 4 rings (SSSR count). The van der Waals surface area contributed by atoms with E-state index < -0.39 is 5.54 Å². The fourth-order valence-corrected chi connectivity index (χ4v) is 3.69. The Labute approximate surface area is 176 Å². The third-order valence-electron chi connectivity index (χ3n) is 5.67. The van der Waals surface area contributed by atoms with Crippen molar-refractivity contribution in [2.45, 2.75) is 25.5 Å². The number of aliphatic imine (C=N–C) groups is 1. The highest BCUT2D eigenvalue weighted by Gasteiger charge is 2.31. The van der Waals surface area contributed by atoms with Crippen LogP contribution in [-0.4, -0.2) is 24.5 Å². The number of nitrogens with zero attached hydrogens (tertiary/aromatic N) is 2. The lowest BCUT2D eigenvalue weighted by Gasteiger charge is -2.35. The van der Waals surface area contributed by atoms with Crippen molar-refractivity contribution < 1.29 is 9.13 Å². The molecule has 1 aliphatic heterocycles. The summed E-state index contributed by atoms with van der Waals surface area (Å²) in [6.45, 7) is 3.31. The number of rotatable bonds is 5. The molecule has 0 radical (unpaired) electrons. The molecule has 154 valence electrons. The number of nitrogens with two attached hydrogens (primary N) is 1. The Balaban J connectivity index is 1.57. The number of halogens is 1. The number of hydrogen-bond acceptors (Lipinski definition) is 4. The van der Waals surface area contributed by atoms with Gasteiger partial charge in [-0.15, -0.1) is 0 Å². The maximum atomic E-state index is 14.9. The average molecular weight is 404 g/mol. The minimum absolute atomic E-state index is 0.311. The predicted molar refractivity (Wildman–Crippen MR) is 119 cm³/mol. The molecule has 0 fully saturated rings. The highest BCUT2D eigenvalue weighted by molar-refractivity contribution is 5.79. The molecule has 1 atom stereocenters. The van der Waals surface area contributed by atoms with Crippen molar-refractivity contribution in [3.8, 4) is 16.9 Å². The summed E-state index contributed by atoms with van der Waals surface area (Å²) in [5, 5.41) is 0. The molecule has 1 unspecified atom stereocenters. The molecule has 0 saturated heterocycles. The molecule has 0 amide bonds. The Morgan fingerprint density at radius 1 is 1.07 bits per heavy atom. The van der Waals surface area contributed by atoms with Crippen LogP contribution >= 0.6 is 0 Å². The van der Waals surface area contributed by atoms with Crippen LogP contribution in [0.3, 0.4) is 0 Å². The molecular formula is C25H26FN3O. The van der Waals surface area contributed by atoms with Crippen molar-refractivity contribution in [2.24, 2.45) is 10.7 Å². The first-order valence-corrected chi connectivity index (χ1v) is 10.1. The van der Waals surface area contributed by atoms with E-state index in [0.717, 1.165) is 29.7 Å². The van der Waals surface area contributed by atoms with Gasteiger partial charge in [-0.05, 0) is 48.2 Å². The molecule has 5 heteroatoms. The van der Waals surface area contributed by atoms with Gasteiger partial charge in [-0.25, -0.2) is 9.38 Å². The van der Waals surface area contributed by atoms with Crippen LogP contribution < -0.4 is 10.5 Å². The fourth-order valence-electron chi connectivity index (χ4n) is 3.69. The van der Waals surface area contributed by atoms with Gasteiger partial charge in [-0.2, -0.15) is 0 Å². The number of benzene rings is 3. The molecule has 3 aromatic rings. The molecule has 0 spiro atoms. The molecule has 3 aromatic carbocycles. The summed E-state index contributed by atoms with van der Waals surface area (Å²) in [5.41, 5.74) is 9.06. The van der Waals surface area contributed by atoms with Gasteiger partial charge in [0.05, 0.1) is 5.54 Å². The van der Waals surface area contributed by atoms with Crippen molar-refractivity contribution in [3.05, 3.63) is 89.7 Å². The second-order valence-corrected chi connectivity index (χ2v) is 7.91. The van der Waals surface area contributed by atoms with Gasteiger partial charge < -0.3 is 15.4 Å².